The predicted octanol–water partition coefficient (Wildman–Crippen LogP) is 11.1. The zero-order chi connectivity index (χ0) is 25.0. The first kappa shape index (κ1) is 33.5. The van der Waals surface area contributed by atoms with Gasteiger partial charge in [0.15, 0.2) is 0 Å². The fourth-order valence-corrected chi connectivity index (χ4v) is 5.01. The molecule has 34 heavy (non-hydrogen) atoms. The molecule has 0 heterocycles. The number of unbranched alkanes of at least 4 members (excludes halogenated alkanes) is 23. The highest BCUT2D eigenvalue weighted by molar-refractivity contribution is 5.76. The number of carbonyl (C=O) groups is 1. The molecule has 2 heteroatoms. The van der Waals surface area contributed by atoms with Crippen LogP contribution in [0.25, 0.3) is 0 Å². The van der Waals surface area contributed by atoms with Gasteiger partial charge in [-0.25, -0.2) is 0 Å². The van der Waals surface area contributed by atoms with Gasteiger partial charge < -0.3 is 5.32 Å². The van der Waals surface area contributed by atoms with Gasteiger partial charge in [0.25, 0.3) is 0 Å². The maximum atomic E-state index is 12.2. The lowest BCUT2D eigenvalue weighted by Crippen LogP contribution is -2.32. The Hall–Kier alpha value is -0.530. The minimum absolute atomic E-state index is 0.272. The van der Waals surface area contributed by atoms with Crippen molar-refractivity contribution in [3.05, 3.63) is 0 Å². The highest BCUT2D eigenvalue weighted by Gasteiger charge is 2.07. The summed E-state index contributed by atoms with van der Waals surface area (Å²) in [5.74, 6) is 0.272. The minimum Gasteiger partial charge on any atom is -0.354 e. The molecule has 0 fully saturated rings. The number of carbonyl (C=O) groups excluding carboxylic acids is 1. The van der Waals surface area contributed by atoms with E-state index < -0.39 is 0 Å². The van der Waals surface area contributed by atoms with Gasteiger partial charge in [-0.15, -0.1) is 0 Å². The highest BCUT2D eigenvalue weighted by atomic mass is 16.1. The molecule has 0 aromatic rings. The molecule has 0 radical (unpaired) electrons. The molecule has 0 aromatic carbocycles. The van der Waals surface area contributed by atoms with Gasteiger partial charge in [-0.1, -0.05) is 168 Å². The molecule has 0 rings (SSSR count). The van der Waals surface area contributed by atoms with Crippen LogP contribution in [0.2, 0.25) is 0 Å². The van der Waals surface area contributed by atoms with Crippen molar-refractivity contribution in [3.63, 3.8) is 0 Å². The summed E-state index contributed by atoms with van der Waals surface area (Å²) in [6, 6.07) is 0.345. The first-order valence-corrected chi connectivity index (χ1v) is 16.0. The zero-order valence-electron chi connectivity index (χ0n) is 24.1. The molecule has 1 N–H and O–H groups in total. The van der Waals surface area contributed by atoms with Crippen molar-refractivity contribution in [2.75, 3.05) is 0 Å². The van der Waals surface area contributed by atoms with Crippen LogP contribution in [0.3, 0.4) is 0 Å². The average Bonchev–Trinajstić information content (AvgIpc) is 2.82. The van der Waals surface area contributed by atoms with E-state index in [0.717, 1.165) is 19.3 Å². The summed E-state index contributed by atoms with van der Waals surface area (Å²) in [7, 11) is 0. The van der Waals surface area contributed by atoms with E-state index in [9.17, 15) is 4.79 Å². The lowest BCUT2D eigenvalue weighted by Gasteiger charge is -2.13. The lowest BCUT2D eigenvalue weighted by molar-refractivity contribution is -0.121. The summed E-state index contributed by atoms with van der Waals surface area (Å²) in [5.41, 5.74) is 0. The second-order valence-corrected chi connectivity index (χ2v) is 11.1. The van der Waals surface area contributed by atoms with Gasteiger partial charge in [0.2, 0.25) is 5.91 Å². The van der Waals surface area contributed by atoms with Crippen LogP contribution < -0.4 is 5.32 Å². The third kappa shape index (κ3) is 27.7. The largest absolute Gasteiger partial charge is 0.354 e. The molecule has 0 bridgehead atoms. The van der Waals surface area contributed by atoms with E-state index in [1.54, 1.807) is 0 Å². The summed E-state index contributed by atoms with van der Waals surface area (Å²) in [6.45, 7) is 6.75. The standard InChI is InChI=1S/C32H65NO/c1-4-6-8-10-12-14-16-17-18-20-21-23-25-27-29-31(3)33-32(34)30-28-26-24-22-19-15-13-11-9-7-5-2/h31H,4-30H2,1-3H3,(H,33,34). The first-order chi connectivity index (χ1) is 16.7. The third-order valence-corrected chi connectivity index (χ3v) is 7.41. The van der Waals surface area contributed by atoms with Crippen molar-refractivity contribution in [2.45, 2.75) is 200 Å². The van der Waals surface area contributed by atoms with Gasteiger partial charge in [-0.05, 0) is 19.8 Å². The van der Waals surface area contributed by atoms with E-state index in [-0.39, 0.29) is 5.91 Å². The zero-order valence-corrected chi connectivity index (χ0v) is 24.1. The van der Waals surface area contributed by atoms with Gasteiger partial charge in [-0.2, -0.15) is 0 Å². The third-order valence-electron chi connectivity index (χ3n) is 7.41. The van der Waals surface area contributed by atoms with Gasteiger partial charge in [0.05, 0.1) is 0 Å². The van der Waals surface area contributed by atoms with Gasteiger partial charge in [-0.3, -0.25) is 4.79 Å². The summed E-state index contributed by atoms with van der Waals surface area (Å²) >= 11 is 0. The molecule has 0 aliphatic heterocycles. The SMILES string of the molecule is CCCCCCCCCCCCCCCCC(C)NC(=O)CCCCCCCCCCCCC. The molecule has 1 amide bonds. The van der Waals surface area contributed by atoms with Crippen molar-refractivity contribution < 1.29 is 4.79 Å². The molecule has 1 atom stereocenters. The van der Waals surface area contributed by atoms with Crippen molar-refractivity contribution in [1.82, 2.24) is 5.32 Å². The van der Waals surface area contributed by atoms with Crippen molar-refractivity contribution in [3.8, 4) is 0 Å². The van der Waals surface area contributed by atoms with E-state index in [2.05, 4.69) is 26.1 Å². The molecule has 0 aliphatic carbocycles. The second-order valence-electron chi connectivity index (χ2n) is 11.1. The number of rotatable bonds is 28. The number of nitrogens with one attached hydrogen (secondary N) is 1. The molecule has 0 spiro atoms. The fraction of sp³-hybridized carbons (Fsp3) is 0.969. The Kier molecular flexibility index (Phi) is 28.3. The fourth-order valence-electron chi connectivity index (χ4n) is 5.01. The Labute approximate surface area is 216 Å². The van der Waals surface area contributed by atoms with E-state index in [1.165, 1.54) is 154 Å². The summed E-state index contributed by atoms with van der Waals surface area (Å²) in [5, 5.41) is 3.22. The molecule has 0 saturated carbocycles. The Morgan fingerprint density at radius 3 is 1.12 bits per heavy atom. The highest BCUT2D eigenvalue weighted by Crippen LogP contribution is 2.14. The van der Waals surface area contributed by atoms with E-state index >= 15 is 0 Å². The molecule has 0 aromatic heterocycles. The summed E-state index contributed by atoms with van der Waals surface area (Å²) in [6.07, 6.45) is 36.3. The van der Waals surface area contributed by atoms with E-state index in [0.29, 0.717) is 6.04 Å². The summed E-state index contributed by atoms with van der Waals surface area (Å²) in [4.78, 5) is 12.2. The topological polar surface area (TPSA) is 29.1 Å². The van der Waals surface area contributed by atoms with Crippen molar-refractivity contribution >= 4 is 5.91 Å². The second kappa shape index (κ2) is 28.7. The van der Waals surface area contributed by atoms with Crippen LogP contribution in [-0.4, -0.2) is 11.9 Å². The Balaban J connectivity index is 3.28. The van der Waals surface area contributed by atoms with Crippen LogP contribution in [0, 0.1) is 0 Å². The number of hydrogen-bond acceptors (Lipinski definition) is 1. The van der Waals surface area contributed by atoms with Crippen molar-refractivity contribution in [2.24, 2.45) is 0 Å². The van der Waals surface area contributed by atoms with Gasteiger partial charge >= 0.3 is 0 Å². The van der Waals surface area contributed by atoms with Gasteiger partial charge in [0, 0.05) is 12.5 Å². The predicted molar refractivity (Wildman–Crippen MR) is 154 cm³/mol. The normalized spacial score (nSPS) is 12.2. The molecule has 0 saturated heterocycles. The van der Waals surface area contributed by atoms with Crippen LogP contribution in [0.15, 0.2) is 0 Å². The average molecular weight is 480 g/mol. The Morgan fingerprint density at radius 2 is 0.765 bits per heavy atom. The Bertz CT molecular complexity index is 394. The molecule has 204 valence electrons. The smallest absolute Gasteiger partial charge is 0.220 e. The Morgan fingerprint density at radius 1 is 0.471 bits per heavy atom. The van der Waals surface area contributed by atoms with Crippen LogP contribution in [0.1, 0.15) is 194 Å². The monoisotopic (exact) mass is 480 g/mol. The number of amides is 1. The minimum atomic E-state index is 0.272. The van der Waals surface area contributed by atoms with Gasteiger partial charge in [0.1, 0.15) is 0 Å². The maximum absolute atomic E-state index is 12.2. The molecule has 0 aliphatic rings. The quantitative estimate of drug-likeness (QED) is 0.111. The van der Waals surface area contributed by atoms with Crippen LogP contribution in [0.4, 0.5) is 0 Å². The van der Waals surface area contributed by atoms with E-state index in [4.69, 9.17) is 0 Å². The maximum Gasteiger partial charge on any atom is 0.220 e. The number of hydrogen-bond donors (Lipinski definition) is 1. The van der Waals surface area contributed by atoms with Crippen LogP contribution >= 0.6 is 0 Å². The molecular formula is C32H65NO. The van der Waals surface area contributed by atoms with Crippen LogP contribution in [-0.2, 0) is 4.79 Å². The molecular weight excluding hydrogens is 414 g/mol. The lowest BCUT2D eigenvalue weighted by atomic mass is 10.0. The molecule has 1 unspecified atom stereocenters. The summed E-state index contributed by atoms with van der Waals surface area (Å²) < 4.78 is 0. The van der Waals surface area contributed by atoms with Crippen molar-refractivity contribution in [1.29, 1.82) is 0 Å². The van der Waals surface area contributed by atoms with E-state index in [1.807, 2.05) is 0 Å². The molecule has 2 nitrogen and oxygen atoms in total. The first-order valence-electron chi connectivity index (χ1n) is 16.0. The van der Waals surface area contributed by atoms with Crippen LogP contribution in [0.5, 0.6) is 0 Å².